The van der Waals surface area contributed by atoms with Crippen molar-refractivity contribution in [2.45, 2.75) is 38.4 Å². The molecule has 2 heterocycles. The molecular formula is C13H18N2O4S. The Bertz CT molecular complexity index is 661. The largest absolute Gasteiger partial charge is 0.465 e. The standard InChI is InChI=1S/C13H18N2O4S/c1-13(2,3)11-9-5-10(20(4,18)19)14-6-8(9)7-15(11)12(16)17/h5-6,11H,7H2,1-4H3,(H,16,17). The SMILES string of the molecule is CC(C)(C)C1c2cc(S(C)(=O)=O)ncc2CN1C(=O)O. The fraction of sp³-hybridized carbons (Fsp3) is 0.538. The van der Waals surface area contributed by atoms with Crippen molar-refractivity contribution in [1.29, 1.82) is 0 Å². The summed E-state index contributed by atoms with van der Waals surface area (Å²) in [5.41, 5.74) is 1.16. The van der Waals surface area contributed by atoms with Crippen LogP contribution >= 0.6 is 0 Å². The minimum atomic E-state index is -3.41. The van der Waals surface area contributed by atoms with E-state index in [9.17, 15) is 18.3 Å². The Balaban J connectivity index is 2.60. The molecule has 1 unspecified atom stereocenters. The van der Waals surface area contributed by atoms with Crippen molar-refractivity contribution in [2.24, 2.45) is 5.41 Å². The Kier molecular flexibility index (Phi) is 3.28. The van der Waals surface area contributed by atoms with E-state index in [1.807, 2.05) is 20.8 Å². The molecule has 1 aromatic rings. The van der Waals surface area contributed by atoms with Gasteiger partial charge in [-0.1, -0.05) is 20.8 Å². The molecule has 0 aromatic carbocycles. The maximum Gasteiger partial charge on any atom is 0.408 e. The van der Waals surface area contributed by atoms with Gasteiger partial charge in [0.25, 0.3) is 0 Å². The Morgan fingerprint density at radius 3 is 2.50 bits per heavy atom. The molecule has 0 saturated heterocycles. The van der Waals surface area contributed by atoms with E-state index in [0.717, 1.165) is 17.4 Å². The first-order valence-corrected chi connectivity index (χ1v) is 8.09. The summed E-state index contributed by atoms with van der Waals surface area (Å²) in [6.45, 7) is 6.04. The second kappa shape index (κ2) is 4.44. The van der Waals surface area contributed by atoms with Gasteiger partial charge in [-0.2, -0.15) is 0 Å². The van der Waals surface area contributed by atoms with Gasteiger partial charge >= 0.3 is 6.09 Å². The number of sulfone groups is 1. The molecule has 0 saturated carbocycles. The van der Waals surface area contributed by atoms with E-state index in [0.29, 0.717) is 0 Å². The predicted octanol–water partition coefficient (Wildman–Crippen LogP) is 2.07. The quantitative estimate of drug-likeness (QED) is 0.857. The van der Waals surface area contributed by atoms with Crippen LogP contribution in [0.4, 0.5) is 4.79 Å². The normalized spacial score (nSPS) is 19.0. The number of fused-ring (bicyclic) bond motifs is 1. The summed E-state index contributed by atoms with van der Waals surface area (Å²) in [6.07, 6.45) is 1.55. The number of nitrogens with zero attached hydrogens (tertiary/aromatic N) is 2. The van der Waals surface area contributed by atoms with E-state index < -0.39 is 15.9 Å². The molecule has 1 N–H and O–H groups in total. The van der Waals surface area contributed by atoms with Gasteiger partial charge in [-0.25, -0.2) is 18.2 Å². The third kappa shape index (κ3) is 2.49. The molecule has 1 aliphatic rings. The molecule has 2 rings (SSSR count). The third-order valence-corrected chi connectivity index (χ3v) is 4.37. The predicted molar refractivity (Wildman–Crippen MR) is 73.1 cm³/mol. The van der Waals surface area contributed by atoms with Crippen molar-refractivity contribution in [3.63, 3.8) is 0 Å². The first kappa shape index (κ1) is 14.8. The number of amides is 1. The monoisotopic (exact) mass is 298 g/mol. The molecule has 1 atom stereocenters. The van der Waals surface area contributed by atoms with E-state index >= 15 is 0 Å². The second-order valence-corrected chi connectivity index (χ2v) is 8.14. The van der Waals surface area contributed by atoms with Gasteiger partial charge in [0.15, 0.2) is 14.9 Å². The van der Waals surface area contributed by atoms with E-state index in [2.05, 4.69) is 4.98 Å². The van der Waals surface area contributed by atoms with Crippen LogP contribution in [0.1, 0.15) is 37.9 Å². The summed E-state index contributed by atoms with van der Waals surface area (Å²) in [5, 5.41) is 9.32. The molecule has 0 aliphatic carbocycles. The zero-order valence-corrected chi connectivity index (χ0v) is 12.7. The molecule has 0 bridgehead atoms. The maximum atomic E-state index is 11.6. The summed E-state index contributed by atoms with van der Waals surface area (Å²) in [4.78, 5) is 16.7. The molecule has 0 radical (unpaired) electrons. The Morgan fingerprint density at radius 1 is 1.45 bits per heavy atom. The summed E-state index contributed by atoms with van der Waals surface area (Å²) < 4.78 is 23.2. The highest BCUT2D eigenvalue weighted by Gasteiger charge is 2.41. The fourth-order valence-corrected chi connectivity index (χ4v) is 3.21. The van der Waals surface area contributed by atoms with Gasteiger partial charge in [0.1, 0.15) is 0 Å². The molecule has 7 heteroatoms. The molecule has 1 amide bonds. The molecule has 110 valence electrons. The van der Waals surface area contributed by atoms with Crippen LogP contribution in [0, 0.1) is 5.41 Å². The number of pyridine rings is 1. The molecule has 1 aliphatic heterocycles. The molecular weight excluding hydrogens is 280 g/mol. The topological polar surface area (TPSA) is 87.6 Å². The number of carboxylic acid groups (broad SMARTS) is 1. The van der Waals surface area contributed by atoms with Crippen molar-refractivity contribution < 1.29 is 18.3 Å². The number of carbonyl (C=O) groups is 1. The lowest BCUT2D eigenvalue weighted by Crippen LogP contribution is -2.35. The van der Waals surface area contributed by atoms with Gasteiger partial charge in [0, 0.05) is 12.5 Å². The first-order chi connectivity index (χ1) is 9.01. The minimum absolute atomic E-state index is 0.0160. The van der Waals surface area contributed by atoms with Gasteiger partial charge in [-0.15, -0.1) is 0 Å². The number of hydrogen-bond acceptors (Lipinski definition) is 4. The highest BCUT2D eigenvalue weighted by atomic mass is 32.2. The van der Waals surface area contributed by atoms with Crippen molar-refractivity contribution in [2.75, 3.05) is 6.26 Å². The first-order valence-electron chi connectivity index (χ1n) is 6.20. The van der Waals surface area contributed by atoms with Crippen LogP contribution < -0.4 is 0 Å². The van der Waals surface area contributed by atoms with Crippen molar-refractivity contribution in [3.8, 4) is 0 Å². The van der Waals surface area contributed by atoms with Crippen molar-refractivity contribution in [1.82, 2.24) is 9.88 Å². The van der Waals surface area contributed by atoms with Crippen LogP contribution in [0.15, 0.2) is 17.3 Å². The van der Waals surface area contributed by atoms with Crippen LogP contribution in [-0.4, -0.2) is 35.8 Å². The Labute approximate surface area is 118 Å². The maximum absolute atomic E-state index is 11.6. The van der Waals surface area contributed by atoms with Gasteiger partial charge in [0.05, 0.1) is 12.6 Å². The minimum Gasteiger partial charge on any atom is -0.465 e. The van der Waals surface area contributed by atoms with E-state index in [-0.39, 0.29) is 23.0 Å². The molecule has 0 spiro atoms. The number of aromatic nitrogens is 1. The van der Waals surface area contributed by atoms with Gasteiger partial charge in [0.2, 0.25) is 0 Å². The van der Waals surface area contributed by atoms with Crippen molar-refractivity contribution in [3.05, 3.63) is 23.4 Å². The van der Waals surface area contributed by atoms with Crippen LogP contribution in [0.2, 0.25) is 0 Å². The Hall–Kier alpha value is -1.63. The highest BCUT2D eigenvalue weighted by Crippen LogP contribution is 2.45. The van der Waals surface area contributed by atoms with Crippen LogP contribution in [-0.2, 0) is 16.4 Å². The lowest BCUT2D eigenvalue weighted by Gasteiger charge is -2.34. The summed E-state index contributed by atoms with van der Waals surface area (Å²) in [5.74, 6) is 0. The molecule has 1 aromatic heterocycles. The van der Waals surface area contributed by atoms with Gasteiger partial charge in [-0.3, -0.25) is 4.90 Å². The molecule has 20 heavy (non-hydrogen) atoms. The van der Waals surface area contributed by atoms with E-state index in [1.54, 1.807) is 0 Å². The summed E-state index contributed by atoms with van der Waals surface area (Å²) in [6, 6.07) is 1.13. The van der Waals surface area contributed by atoms with E-state index in [1.165, 1.54) is 17.2 Å². The fourth-order valence-electron chi connectivity index (χ4n) is 2.62. The number of hydrogen-bond donors (Lipinski definition) is 1. The van der Waals surface area contributed by atoms with Gasteiger partial charge in [-0.05, 0) is 22.6 Å². The van der Waals surface area contributed by atoms with Crippen LogP contribution in [0.25, 0.3) is 0 Å². The lowest BCUT2D eigenvalue weighted by molar-refractivity contribution is 0.0899. The second-order valence-electron chi connectivity index (χ2n) is 6.17. The van der Waals surface area contributed by atoms with Crippen LogP contribution in [0.3, 0.4) is 0 Å². The molecule has 6 nitrogen and oxygen atoms in total. The van der Waals surface area contributed by atoms with Crippen LogP contribution in [0.5, 0.6) is 0 Å². The third-order valence-electron chi connectivity index (χ3n) is 3.39. The van der Waals surface area contributed by atoms with Gasteiger partial charge < -0.3 is 5.11 Å². The highest BCUT2D eigenvalue weighted by molar-refractivity contribution is 7.90. The molecule has 0 fully saturated rings. The summed E-state index contributed by atoms with van der Waals surface area (Å²) in [7, 11) is -3.41. The Morgan fingerprint density at radius 2 is 2.05 bits per heavy atom. The zero-order valence-electron chi connectivity index (χ0n) is 11.9. The summed E-state index contributed by atoms with van der Waals surface area (Å²) >= 11 is 0. The zero-order chi connectivity index (χ0) is 15.3. The smallest absolute Gasteiger partial charge is 0.408 e. The average molecular weight is 298 g/mol. The average Bonchev–Trinajstić information content (AvgIpc) is 2.65. The number of rotatable bonds is 1. The van der Waals surface area contributed by atoms with E-state index in [4.69, 9.17) is 0 Å². The lowest BCUT2D eigenvalue weighted by atomic mass is 9.83. The van der Waals surface area contributed by atoms with Crippen molar-refractivity contribution >= 4 is 15.9 Å².